The van der Waals surface area contributed by atoms with E-state index >= 15 is 0 Å². The minimum atomic E-state index is -0.734. The molecule has 0 saturated carbocycles. The van der Waals surface area contributed by atoms with Crippen LogP contribution in [0.4, 0.5) is 4.79 Å². The molecule has 6 nitrogen and oxygen atoms in total. The zero-order chi connectivity index (χ0) is 13.0. The molecule has 18 heavy (non-hydrogen) atoms. The van der Waals surface area contributed by atoms with Crippen molar-refractivity contribution in [1.29, 1.82) is 0 Å². The van der Waals surface area contributed by atoms with E-state index in [1.807, 2.05) is 9.80 Å². The van der Waals surface area contributed by atoms with Gasteiger partial charge in [0.1, 0.15) is 0 Å². The number of nitrogens with one attached hydrogen (secondary N) is 1. The molecule has 6 heteroatoms. The van der Waals surface area contributed by atoms with Crippen LogP contribution in [0.25, 0.3) is 0 Å². The fourth-order valence-corrected chi connectivity index (χ4v) is 2.63. The number of likely N-dealkylation sites (tertiary alicyclic amines) is 1. The smallest absolute Gasteiger partial charge is 0.320 e. The molecule has 0 radical (unpaired) electrons. The van der Waals surface area contributed by atoms with Crippen molar-refractivity contribution in [3.63, 3.8) is 0 Å². The number of urea groups is 1. The standard InChI is InChI=1S/C12H21N3O3/c16-11(17)9-10-1-5-14(6-2-10)12(18)15-7-3-13-4-8-15/h10,13H,1-9H2,(H,16,17). The highest BCUT2D eigenvalue weighted by atomic mass is 16.4. The Morgan fingerprint density at radius 3 is 2.17 bits per heavy atom. The van der Waals surface area contributed by atoms with Crippen LogP contribution in [0.2, 0.25) is 0 Å². The quantitative estimate of drug-likeness (QED) is 0.739. The second-order valence-electron chi connectivity index (χ2n) is 5.05. The van der Waals surface area contributed by atoms with Crippen molar-refractivity contribution in [3.05, 3.63) is 0 Å². The van der Waals surface area contributed by atoms with Gasteiger partial charge in [-0.25, -0.2) is 4.79 Å². The highest BCUT2D eigenvalue weighted by Crippen LogP contribution is 2.21. The van der Waals surface area contributed by atoms with E-state index in [-0.39, 0.29) is 18.4 Å². The van der Waals surface area contributed by atoms with Gasteiger partial charge in [0.05, 0.1) is 0 Å². The van der Waals surface area contributed by atoms with Crippen LogP contribution in [0.15, 0.2) is 0 Å². The molecular formula is C12H21N3O3. The molecule has 0 spiro atoms. The Morgan fingerprint density at radius 2 is 1.61 bits per heavy atom. The fourth-order valence-electron chi connectivity index (χ4n) is 2.63. The Hall–Kier alpha value is -1.30. The maximum Gasteiger partial charge on any atom is 0.320 e. The minimum Gasteiger partial charge on any atom is -0.481 e. The predicted molar refractivity (Wildman–Crippen MR) is 66.4 cm³/mol. The first-order valence-electron chi connectivity index (χ1n) is 6.63. The summed E-state index contributed by atoms with van der Waals surface area (Å²) < 4.78 is 0. The lowest BCUT2D eigenvalue weighted by Crippen LogP contribution is -2.53. The van der Waals surface area contributed by atoms with E-state index in [9.17, 15) is 9.59 Å². The van der Waals surface area contributed by atoms with Crippen molar-refractivity contribution in [3.8, 4) is 0 Å². The Morgan fingerprint density at radius 1 is 1.06 bits per heavy atom. The summed E-state index contributed by atoms with van der Waals surface area (Å²) >= 11 is 0. The van der Waals surface area contributed by atoms with Crippen LogP contribution in [0.5, 0.6) is 0 Å². The summed E-state index contributed by atoms with van der Waals surface area (Å²) in [5.41, 5.74) is 0. The van der Waals surface area contributed by atoms with Gasteiger partial charge in [0.2, 0.25) is 0 Å². The summed E-state index contributed by atoms with van der Waals surface area (Å²) in [6.45, 7) is 4.66. The first kappa shape index (κ1) is 13.1. The van der Waals surface area contributed by atoms with E-state index in [0.29, 0.717) is 13.1 Å². The van der Waals surface area contributed by atoms with Gasteiger partial charge in [0.15, 0.2) is 0 Å². The van der Waals surface area contributed by atoms with Gasteiger partial charge in [-0.3, -0.25) is 4.79 Å². The largest absolute Gasteiger partial charge is 0.481 e. The number of hydrogen-bond donors (Lipinski definition) is 2. The lowest BCUT2D eigenvalue weighted by molar-refractivity contribution is -0.138. The summed E-state index contributed by atoms with van der Waals surface area (Å²) in [5, 5.41) is 12.0. The van der Waals surface area contributed by atoms with E-state index in [2.05, 4.69) is 5.32 Å². The van der Waals surface area contributed by atoms with Crippen LogP contribution >= 0.6 is 0 Å². The average Bonchev–Trinajstić information content (AvgIpc) is 2.39. The molecule has 0 aliphatic carbocycles. The minimum absolute atomic E-state index is 0.116. The van der Waals surface area contributed by atoms with Gasteiger partial charge in [-0.05, 0) is 18.8 Å². The molecule has 2 N–H and O–H groups in total. The second kappa shape index (κ2) is 6.04. The number of carboxylic acids is 1. The zero-order valence-electron chi connectivity index (χ0n) is 10.6. The SMILES string of the molecule is O=C(O)CC1CCN(C(=O)N2CCNCC2)CC1. The van der Waals surface area contributed by atoms with Gasteiger partial charge in [0.25, 0.3) is 0 Å². The maximum absolute atomic E-state index is 12.2. The fraction of sp³-hybridized carbons (Fsp3) is 0.833. The number of hydrogen-bond acceptors (Lipinski definition) is 3. The van der Waals surface area contributed by atoms with Crippen LogP contribution in [0.1, 0.15) is 19.3 Å². The number of carboxylic acid groups (broad SMARTS) is 1. The number of aliphatic carboxylic acids is 1. The highest BCUT2D eigenvalue weighted by molar-refractivity contribution is 5.74. The molecule has 2 saturated heterocycles. The van der Waals surface area contributed by atoms with E-state index in [4.69, 9.17) is 5.11 Å². The van der Waals surface area contributed by atoms with Crippen LogP contribution in [0.3, 0.4) is 0 Å². The van der Waals surface area contributed by atoms with Gasteiger partial charge in [0, 0.05) is 45.7 Å². The lowest BCUT2D eigenvalue weighted by atomic mass is 9.94. The number of carbonyl (C=O) groups excluding carboxylic acids is 1. The third kappa shape index (κ3) is 3.35. The van der Waals surface area contributed by atoms with E-state index < -0.39 is 5.97 Å². The zero-order valence-corrected chi connectivity index (χ0v) is 10.6. The first-order chi connectivity index (χ1) is 8.66. The Kier molecular flexibility index (Phi) is 4.41. The normalized spacial score (nSPS) is 22.0. The van der Waals surface area contributed by atoms with Crippen molar-refractivity contribution >= 4 is 12.0 Å². The van der Waals surface area contributed by atoms with Crippen molar-refractivity contribution in [1.82, 2.24) is 15.1 Å². The molecule has 2 heterocycles. The molecular weight excluding hydrogens is 234 g/mol. The van der Waals surface area contributed by atoms with E-state index in [1.54, 1.807) is 0 Å². The first-order valence-corrected chi connectivity index (χ1v) is 6.63. The number of nitrogens with zero attached hydrogens (tertiary/aromatic N) is 2. The molecule has 2 rings (SSSR count). The summed E-state index contributed by atoms with van der Waals surface area (Å²) in [6, 6.07) is 0.116. The topological polar surface area (TPSA) is 72.9 Å². The Balaban J connectivity index is 1.78. The number of amides is 2. The molecule has 102 valence electrons. The third-order valence-electron chi connectivity index (χ3n) is 3.74. The molecule has 0 unspecified atom stereocenters. The number of carbonyl (C=O) groups is 2. The molecule has 2 aliphatic heterocycles. The van der Waals surface area contributed by atoms with Gasteiger partial charge in [-0.1, -0.05) is 0 Å². The van der Waals surface area contributed by atoms with Crippen LogP contribution < -0.4 is 5.32 Å². The number of piperidine rings is 1. The van der Waals surface area contributed by atoms with Gasteiger partial charge in [-0.2, -0.15) is 0 Å². The van der Waals surface area contributed by atoms with Crippen molar-refractivity contribution in [2.24, 2.45) is 5.92 Å². The van der Waals surface area contributed by atoms with Crippen molar-refractivity contribution in [2.75, 3.05) is 39.3 Å². The maximum atomic E-state index is 12.2. The van der Waals surface area contributed by atoms with Gasteiger partial charge >= 0.3 is 12.0 Å². The Labute approximate surface area is 107 Å². The van der Waals surface area contributed by atoms with Crippen LogP contribution in [-0.2, 0) is 4.79 Å². The monoisotopic (exact) mass is 255 g/mol. The third-order valence-corrected chi connectivity index (χ3v) is 3.74. The van der Waals surface area contributed by atoms with E-state index in [0.717, 1.165) is 39.0 Å². The molecule has 0 aromatic rings. The van der Waals surface area contributed by atoms with Crippen LogP contribution in [-0.4, -0.2) is 66.2 Å². The Bertz CT molecular complexity index is 308. The second-order valence-corrected chi connectivity index (χ2v) is 5.05. The molecule has 2 aliphatic rings. The van der Waals surface area contributed by atoms with Gasteiger partial charge in [-0.15, -0.1) is 0 Å². The van der Waals surface area contributed by atoms with Crippen molar-refractivity contribution < 1.29 is 14.7 Å². The highest BCUT2D eigenvalue weighted by Gasteiger charge is 2.27. The van der Waals surface area contributed by atoms with E-state index in [1.165, 1.54) is 0 Å². The summed E-state index contributed by atoms with van der Waals surface area (Å²) in [4.78, 5) is 26.6. The molecule has 0 bridgehead atoms. The number of rotatable bonds is 2. The average molecular weight is 255 g/mol. The van der Waals surface area contributed by atoms with Crippen molar-refractivity contribution in [2.45, 2.75) is 19.3 Å². The molecule has 0 aromatic carbocycles. The molecule has 2 fully saturated rings. The number of piperazine rings is 1. The summed E-state index contributed by atoms with van der Waals surface area (Å²) in [5.74, 6) is -0.503. The molecule has 2 amide bonds. The lowest BCUT2D eigenvalue weighted by Gasteiger charge is -2.37. The molecule has 0 aromatic heterocycles. The predicted octanol–water partition coefficient (Wildman–Crippen LogP) is 0.198. The van der Waals surface area contributed by atoms with Crippen LogP contribution in [0, 0.1) is 5.92 Å². The summed E-state index contributed by atoms with van der Waals surface area (Å²) in [7, 11) is 0. The van der Waals surface area contributed by atoms with Gasteiger partial charge < -0.3 is 20.2 Å². The summed E-state index contributed by atoms with van der Waals surface area (Å²) in [6.07, 6.45) is 1.85. The molecule has 0 atom stereocenters.